The third-order valence-electron chi connectivity index (χ3n) is 6.58. The van der Waals surface area contributed by atoms with Crippen LogP contribution in [0.1, 0.15) is 41.1 Å². The van der Waals surface area contributed by atoms with E-state index in [-0.39, 0.29) is 18.2 Å². The van der Waals surface area contributed by atoms with Crippen LogP contribution in [0.25, 0.3) is 11.0 Å². The van der Waals surface area contributed by atoms with Gasteiger partial charge in [-0.3, -0.25) is 19.6 Å². The highest BCUT2D eigenvalue weighted by molar-refractivity contribution is 9.10. The summed E-state index contributed by atoms with van der Waals surface area (Å²) in [6.45, 7) is 1.73. The first-order valence-electron chi connectivity index (χ1n) is 12.3. The Bertz CT molecular complexity index is 1380. The topological polar surface area (TPSA) is 84.4 Å². The van der Waals surface area contributed by atoms with Gasteiger partial charge in [0, 0.05) is 41.2 Å². The summed E-state index contributed by atoms with van der Waals surface area (Å²) in [5.74, 6) is 1.07. The number of amides is 2. The summed E-state index contributed by atoms with van der Waals surface area (Å²) >= 11 is 3.39. The number of ether oxygens (including phenoxy) is 1. The largest absolute Gasteiger partial charge is 0.493 e. The van der Waals surface area contributed by atoms with Crippen LogP contribution in [0.2, 0.25) is 0 Å². The maximum Gasteiger partial charge on any atom is 0.253 e. The van der Waals surface area contributed by atoms with E-state index in [0.29, 0.717) is 31.2 Å². The van der Waals surface area contributed by atoms with E-state index in [1.54, 1.807) is 12.4 Å². The molecule has 5 rings (SSSR count). The highest BCUT2D eigenvalue weighted by Crippen LogP contribution is 2.30. The first-order valence-corrected chi connectivity index (χ1v) is 13.1. The van der Waals surface area contributed by atoms with Crippen molar-refractivity contribution in [3.63, 3.8) is 0 Å². The summed E-state index contributed by atoms with van der Waals surface area (Å²) in [6.07, 6.45) is 5.36. The Morgan fingerprint density at radius 1 is 0.919 bits per heavy atom. The lowest BCUT2D eigenvalue weighted by Crippen LogP contribution is -2.37. The number of fused-ring (bicyclic) bond motifs is 1. The van der Waals surface area contributed by atoms with Gasteiger partial charge in [-0.15, -0.1) is 0 Å². The summed E-state index contributed by atoms with van der Waals surface area (Å²) in [5, 5.41) is 2.93. The number of rotatable bonds is 7. The van der Waals surface area contributed by atoms with Gasteiger partial charge in [-0.05, 0) is 78.9 Å². The predicted octanol–water partition coefficient (Wildman–Crippen LogP) is 5.82. The fraction of sp³-hybridized carbons (Fsp3) is 0.241. The van der Waals surface area contributed by atoms with Crippen LogP contribution in [0.15, 0.2) is 83.6 Å². The Kier molecular flexibility index (Phi) is 7.75. The Labute approximate surface area is 224 Å². The summed E-state index contributed by atoms with van der Waals surface area (Å²) < 4.78 is 6.61. The molecule has 37 heavy (non-hydrogen) atoms. The number of anilines is 1. The number of carbonyl (C=O) groups is 2. The maximum atomic E-state index is 13.0. The van der Waals surface area contributed by atoms with Crippen molar-refractivity contribution in [2.24, 2.45) is 0 Å². The molecule has 2 heterocycles. The molecule has 1 N–H and O–H groups in total. The van der Waals surface area contributed by atoms with Crippen molar-refractivity contribution in [3.05, 3.63) is 94.7 Å². The van der Waals surface area contributed by atoms with E-state index >= 15 is 0 Å². The molecule has 1 aliphatic rings. The molecule has 7 nitrogen and oxygen atoms in total. The molecule has 0 bridgehead atoms. The van der Waals surface area contributed by atoms with Gasteiger partial charge in [0.1, 0.15) is 5.75 Å². The number of piperidine rings is 1. The monoisotopic (exact) mass is 558 g/mol. The van der Waals surface area contributed by atoms with E-state index in [9.17, 15) is 9.59 Å². The first-order chi connectivity index (χ1) is 18.0. The van der Waals surface area contributed by atoms with E-state index in [1.165, 1.54) is 5.56 Å². The molecule has 0 radical (unpaired) electrons. The van der Waals surface area contributed by atoms with Gasteiger partial charge < -0.3 is 15.0 Å². The summed E-state index contributed by atoms with van der Waals surface area (Å²) in [7, 11) is 0. The minimum absolute atomic E-state index is 0.0353. The van der Waals surface area contributed by atoms with Gasteiger partial charge >= 0.3 is 0 Å². The zero-order valence-electron chi connectivity index (χ0n) is 20.3. The van der Waals surface area contributed by atoms with Crippen molar-refractivity contribution in [1.82, 2.24) is 14.9 Å². The number of likely N-dealkylation sites (tertiary alicyclic amines) is 1. The van der Waals surface area contributed by atoms with E-state index in [4.69, 9.17) is 4.74 Å². The number of hydrogen-bond acceptors (Lipinski definition) is 5. The van der Waals surface area contributed by atoms with Crippen LogP contribution in [0.4, 0.5) is 5.69 Å². The number of benzene rings is 3. The second kappa shape index (κ2) is 11.5. The molecule has 0 atom stereocenters. The summed E-state index contributed by atoms with van der Waals surface area (Å²) in [6, 6.07) is 21.0. The minimum atomic E-state index is -0.0867. The van der Waals surface area contributed by atoms with Gasteiger partial charge in [0.2, 0.25) is 5.91 Å². The van der Waals surface area contributed by atoms with Crippen LogP contribution in [0.3, 0.4) is 0 Å². The van der Waals surface area contributed by atoms with Gasteiger partial charge in [0.25, 0.3) is 5.91 Å². The van der Waals surface area contributed by atoms with Gasteiger partial charge in [0.15, 0.2) is 0 Å². The molecule has 1 aliphatic heterocycles. The molecule has 4 aromatic rings. The molecule has 0 saturated carbocycles. The minimum Gasteiger partial charge on any atom is -0.493 e. The van der Waals surface area contributed by atoms with E-state index in [1.807, 2.05) is 59.5 Å². The fourth-order valence-corrected chi connectivity index (χ4v) is 4.81. The molecule has 0 aliphatic carbocycles. The molecule has 2 amide bonds. The van der Waals surface area contributed by atoms with Crippen molar-refractivity contribution in [3.8, 4) is 5.75 Å². The number of hydrogen-bond donors (Lipinski definition) is 1. The van der Waals surface area contributed by atoms with Gasteiger partial charge in [-0.1, -0.05) is 28.1 Å². The Balaban J connectivity index is 1.09. The maximum absolute atomic E-state index is 13.0. The van der Waals surface area contributed by atoms with Crippen LogP contribution in [-0.4, -0.2) is 46.4 Å². The van der Waals surface area contributed by atoms with Crippen molar-refractivity contribution in [2.75, 3.05) is 25.0 Å². The van der Waals surface area contributed by atoms with Crippen LogP contribution in [-0.2, 0) is 4.79 Å². The van der Waals surface area contributed by atoms with Crippen molar-refractivity contribution < 1.29 is 14.3 Å². The molecule has 0 spiro atoms. The molecule has 1 fully saturated rings. The molecule has 3 aromatic carbocycles. The lowest BCUT2D eigenvalue weighted by Gasteiger charge is -2.32. The normalized spacial score (nSPS) is 13.9. The average Bonchev–Trinajstić information content (AvgIpc) is 2.94. The van der Waals surface area contributed by atoms with Gasteiger partial charge in [-0.2, -0.15) is 0 Å². The fourth-order valence-electron chi connectivity index (χ4n) is 4.55. The first kappa shape index (κ1) is 24.9. The molecular formula is C29H27BrN4O3. The lowest BCUT2D eigenvalue weighted by molar-refractivity contribution is -0.116. The molecule has 188 valence electrons. The Morgan fingerprint density at radius 2 is 1.62 bits per heavy atom. The standard InChI is InChI=1S/C29H27BrN4O3/c30-23-4-8-25(9-5-23)37-18-13-28(35)33-24-6-1-20(2-7-24)21-11-16-34(17-12-21)29(36)22-3-10-26-27(19-22)32-15-14-31-26/h1-10,14-15,19,21H,11-13,16-18H2,(H,33,35). The summed E-state index contributed by atoms with van der Waals surface area (Å²) in [5.41, 5.74) is 4.15. The molecule has 1 saturated heterocycles. The molecule has 8 heteroatoms. The average molecular weight is 559 g/mol. The summed E-state index contributed by atoms with van der Waals surface area (Å²) in [4.78, 5) is 35.8. The van der Waals surface area contributed by atoms with Crippen LogP contribution < -0.4 is 10.1 Å². The van der Waals surface area contributed by atoms with E-state index in [0.717, 1.165) is 39.8 Å². The van der Waals surface area contributed by atoms with Gasteiger partial charge in [-0.25, -0.2) is 0 Å². The third kappa shape index (κ3) is 6.32. The second-order valence-electron chi connectivity index (χ2n) is 9.05. The van der Waals surface area contributed by atoms with Crippen molar-refractivity contribution in [1.29, 1.82) is 0 Å². The predicted molar refractivity (Wildman–Crippen MR) is 147 cm³/mol. The number of nitrogens with one attached hydrogen (secondary N) is 1. The third-order valence-corrected chi connectivity index (χ3v) is 7.10. The van der Waals surface area contributed by atoms with Crippen molar-refractivity contribution in [2.45, 2.75) is 25.2 Å². The quantitative estimate of drug-likeness (QED) is 0.309. The zero-order valence-corrected chi connectivity index (χ0v) is 21.9. The molecular weight excluding hydrogens is 532 g/mol. The highest BCUT2D eigenvalue weighted by atomic mass is 79.9. The van der Waals surface area contributed by atoms with Crippen LogP contribution in [0.5, 0.6) is 5.75 Å². The molecule has 0 unspecified atom stereocenters. The highest BCUT2D eigenvalue weighted by Gasteiger charge is 2.25. The van der Waals surface area contributed by atoms with Crippen LogP contribution in [0, 0.1) is 0 Å². The van der Waals surface area contributed by atoms with Crippen molar-refractivity contribution >= 4 is 44.5 Å². The number of carbonyl (C=O) groups excluding carboxylic acids is 2. The Morgan fingerprint density at radius 3 is 2.35 bits per heavy atom. The number of halogens is 1. The SMILES string of the molecule is O=C(CCOc1ccc(Br)cc1)Nc1ccc(C2CCN(C(=O)c3ccc4nccnc4c3)CC2)cc1. The lowest BCUT2D eigenvalue weighted by atomic mass is 9.89. The number of aromatic nitrogens is 2. The van der Waals surface area contributed by atoms with Gasteiger partial charge in [0.05, 0.1) is 24.1 Å². The van der Waals surface area contributed by atoms with E-state index < -0.39 is 0 Å². The smallest absolute Gasteiger partial charge is 0.253 e. The van der Waals surface area contributed by atoms with E-state index in [2.05, 4.69) is 43.3 Å². The Hall–Kier alpha value is -3.78. The molecule has 1 aromatic heterocycles. The number of nitrogens with zero attached hydrogens (tertiary/aromatic N) is 3. The van der Waals surface area contributed by atoms with Crippen LogP contribution >= 0.6 is 15.9 Å². The second-order valence-corrected chi connectivity index (χ2v) is 9.96. The zero-order chi connectivity index (χ0) is 25.6.